The molecular formula is C12H13FN2. The molecule has 78 valence electrons. The number of nitrogens with zero attached hydrogens (tertiary/aromatic N) is 2. The van der Waals surface area contributed by atoms with Crippen LogP contribution in [-0.2, 0) is 6.54 Å². The molecule has 2 nitrogen and oxygen atoms in total. The van der Waals surface area contributed by atoms with Gasteiger partial charge in [-0.3, -0.25) is 0 Å². The van der Waals surface area contributed by atoms with Crippen molar-refractivity contribution >= 4 is 11.5 Å². The predicted molar refractivity (Wildman–Crippen MR) is 57.8 cm³/mol. The molecule has 0 unspecified atom stereocenters. The van der Waals surface area contributed by atoms with E-state index in [0.29, 0.717) is 6.54 Å². The maximum absolute atomic E-state index is 13.5. The third-order valence-electron chi connectivity index (χ3n) is 3.14. The summed E-state index contributed by atoms with van der Waals surface area (Å²) in [6, 6.07) is 5.15. The third-order valence-corrected chi connectivity index (χ3v) is 3.14. The van der Waals surface area contributed by atoms with Crippen molar-refractivity contribution in [3.8, 4) is 0 Å². The van der Waals surface area contributed by atoms with Crippen LogP contribution >= 0.6 is 0 Å². The highest BCUT2D eigenvalue weighted by Gasteiger charge is 2.23. The van der Waals surface area contributed by atoms with Crippen molar-refractivity contribution in [1.29, 1.82) is 0 Å². The van der Waals surface area contributed by atoms with Gasteiger partial charge in [0.2, 0.25) is 0 Å². The van der Waals surface area contributed by atoms with Gasteiger partial charge in [-0.15, -0.1) is 0 Å². The first kappa shape index (κ1) is 8.89. The second-order valence-electron chi connectivity index (χ2n) is 4.14. The average Bonchev–Trinajstić information content (AvgIpc) is 2.27. The van der Waals surface area contributed by atoms with Crippen LogP contribution in [0.25, 0.3) is 0 Å². The molecule has 1 fully saturated rings. The maximum Gasteiger partial charge on any atom is 0.130 e. The van der Waals surface area contributed by atoms with E-state index in [2.05, 4.69) is 9.89 Å². The fourth-order valence-electron chi connectivity index (χ4n) is 2.31. The summed E-state index contributed by atoms with van der Waals surface area (Å²) in [6.45, 7) is 1.72. The standard InChI is InChI=1S/C12H13FN2/c13-10-4-3-5-11-9(10)8-15-7-2-1-6-12(15)14-11/h3-5H,1-2,6-8H2. The van der Waals surface area contributed by atoms with Crippen LogP contribution in [0.3, 0.4) is 0 Å². The van der Waals surface area contributed by atoms with E-state index >= 15 is 0 Å². The minimum absolute atomic E-state index is 0.124. The first-order valence-corrected chi connectivity index (χ1v) is 5.44. The molecule has 0 saturated carbocycles. The Morgan fingerprint density at radius 1 is 1.27 bits per heavy atom. The second kappa shape index (κ2) is 3.33. The summed E-state index contributed by atoms with van der Waals surface area (Å²) in [5.41, 5.74) is 1.58. The van der Waals surface area contributed by atoms with Crippen LogP contribution in [0.5, 0.6) is 0 Å². The van der Waals surface area contributed by atoms with Crippen molar-refractivity contribution in [3.05, 3.63) is 29.6 Å². The van der Waals surface area contributed by atoms with Crippen LogP contribution in [0.1, 0.15) is 24.8 Å². The summed E-state index contributed by atoms with van der Waals surface area (Å²) >= 11 is 0. The molecule has 0 radical (unpaired) electrons. The molecule has 2 aliphatic heterocycles. The number of benzene rings is 1. The predicted octanol–water partition coefficient (Wildman–Crippen LogP) is 2.86. The highest BCUT2D eigenvalue weighted by Crippen LogP contribution is 2.30. The molecule has 1 aromatic carbocycles. The van der Waals surface area contributed by atoms with Crippen molar-refractivity contribution in [3.63, 3.8) is 0 Å². The van der Waals surface area contributed by atoms with Gasteiger partial charge in [-0.2, -0.15) is 0 Å². The van der Waals surface area contributed by atoms with Gasteiger partial charge in [-0.05, 0) is 25.0 Å². The molecule has 0 amide bonds. The largest absolute Gasteiger partial charge is 0.356 e. The van der Waals surface area contributed by atoms with Crippen LogP contribution in [0.15, 0.2) is 23.2 Å². The number of hydrogen-bond acceptors (Lipinski definition) is 2. The van der Waals surface area contributed by atoms with Crippen LogP contribution in [0.2, 0.25) is 0 Å². The monoisotopic (exact) mass is 204 g/mol. The minimum Gasteiger partial charge on any atom is -0.356 e. The number of halogens is 1. The molecular weight excluding hydrogens is 191 g/mol. The van der Waals surface area contributed by atoms with Gasteiger partial charge in [-0.25, -0.2) is 9.38 Å². The zero-order valence-corrected chi connectivity index (χ0v) is 8.54. The molecule has 2 heterocycles. The summed E-state index contributed by atoms with van der Waals surface area (Å²) in [6.07, 6.45) is 3.44. The van der Waals surface area contributed by atoms with Crippen LogP contribution < -0.4 is 0 Å². The Kier molecular flexibility index (Phi) is 1.97. The molecule has 15 heavy (non-hydrogen) atoms. The molecule has 0 N–H and O–H groups in total. The van der Waals surface area contributed by atoms with Crippen molar-refractivity contribution in [2.75, 3.05) is 6.54 Å². The fourth-order valence-corrected chi connectivity index (χ4v) is 2.31. The zero-order chi connectivity index (χ0) is 10.3. The Morgan fingerprint density at radius 3 is 3.13 bits per heavy atom. The Morgan fingerprint density at radius 2 is 2.20 bits per heavy atom. The molecule has 1 saturated heterocycles. The third kappa shape index (κ3) is 1.42. The van der Waals surface area contributed by atoms with Crippen molar-refractivity contribution in [1.82, 2.24) is 4.90 Å². The summed E-state index contributed by atoms with van der Waals surface area (Å²) < 4.78 is 13.5. The van der Waals surface area contributed by atoms with Crippen molar-refractivity contribution in [2.24, 2.45) is 4.99 Å². The van der Waals surface area contributed by atoms with Gasteiger partial charge in [0.15, 0.2) is 0 Å². The lowest BCUT2D eigenvalue weighted by molar-refractivity contribution is 0.353. The molecule has 0 aromatic heterocycles. The lowest BCUT2D eigenvalue weighted by atomic mass is 10.0. The van der Waals surface area contributed by atoms with Gasteiger partial charge in [-0.1, -0.05) is 6.07 Å². The first-order chi connectivity index (χ1) is 7.34. The Labute approximate surface area is 88.4 Å². The maximum atomic E-state index is 13.5. The molecule has 0 spiro atoms. The Hall–Kier alpha value is -1.38. The molecule has 0 atom stereocenters. The van der Waals surface area contributed by atoms with Crippen molar-refractivity contribution < 1.29 is 4.39 Å². The number of aliphatic imine (C=N–C) groups is 1. The van der Waals surface area contributed by atoms with Crippen LogP contribution in [0, 0.1) is 5.82 Å². The van der Waals surface area contributed by atoms with E-state index in [1.165, 1.54) is 18.9 Å². The summed E-state index contributed by atoms with van der Waals surface area (Å²) in [7, 11) is 0. The normalized spacial score (nSPS) is 19.3. The first-order valence-electron chi connectivity index (χ1n) is 5.44. The van der Waals surface area contributed by atoms with E-state index in [1.807, 2.05) is 6.07 Å². The molecule has 0 bridgehead atoms. The summed E-state index contributed by atoms with van der Waals surface area (Å²) in [5, 5.41) is 0. The summed E-state index contributed by atoms with van der Waals surface area (Å²) in [5.74, 6) is 1.01. The van der Waals surface area contributed by atoms with E-state index in [0.717, 1.165) is 30.1 Å². The highest BCUT2D eigenvalue weighted by atomic mass is 19.1. The molecule has 3 rings (SSSR count). The number of piperidine rings is 1. The molecule has 2 aliphatic rings. The zero-order valence-electron chi connectivity index (χ0n) is 8.54. The second-order valence-corrected chi connectivity index (χ2v) is 4.14. The van der Waals surface area contributed by atoms with Crippen molar-refractivity contribution in [2.45, 2.75) is 25.8 Å². The van der Waals surface area contributed by atoms with Crippen LogP contribution in [0.4, 0.5) is 10.1 Å². The Balaban J connectivity index is 2.07. The van der Waals surface area contributed by atoms with Gasteiger partial charge in [0.25, 0.3) is 0 Å². The van der Waals surface area contributed by atoms with E-state index in [-0.39, 0.29) is 5.82 Å². The average molecular weight is 204 g/mol. The van der Waals surface area contributed by atoms with Gasteiger partial charge in [0.05, 0.1) is 5.69 Å². The van der Waals surface area contributed by atoms with E-state index in [1.54, 1.807) is 6.07 Å². The van der Waals surface area contributed by atoms with Crippen LogP contribution in [-0.4, -0.2) is 17.3 Å². The van der Waals surface area contributed by atoms with Gasteiger partial charge in [0, 0.05) is 25.1 Å². The molecule has 1 aromatic rings. The lowest BCUT2D eigenvalue weighted by Gasteiger charge is -2.34. The summed E-state index contributed by atoms with van der Waals surface area (Å²) in [4.78, 5) is 6.73. The minimum atomic E-state index is -0.124. The Bertz CT molecular complexity index is 426. The number of fused-ring (bicyclic) bond motifs is 2. The van der Waals surface area contributed by atoms with E-state index in [4.69, 9.17) is 0 Å². The van der Waals surface area contributed by atoms with E-state index in [9.17, 15) is 4.39 Å². The molecule has 3 heteroatoms. The SMILES string of the molecule is Fc1cccc2c1CN1CCCCC1=N2. The fraction of sp³-hybridized carbons (Fsp3) is 0.417. The highest BCUT2D eigenvalue weighted by molar-refractivity contribution is 5.87. The topological polar surface area (TPSA) is 15.6 Å². The number of rotatable bonds is 0. The van der Waals surface area contributed by atoms with Gasteiger partial charge in [0.1, 0.15) is 11.7 Å². The van der Waals surface area contributed by atoms with Gasteiger partial charge >= 0.3 is 0 Å². The lowest BCUT2D eigenvalue weighted by Crippen LogP contribution is -2.36. The van der Waals surface area contributed by atoms with E-state index < -0.39 is 0 Å². The smallest absolute Gasteiger partial charge is 0.130 e. The quantitative estimate of drug-likeness (QED) is 0.634. The van der Waals surface area contributed by atoms with Gasteiger partial charge < -0.3 is 4.90 Å². The molecule has 0 aliphatic carbocycles. The number of hydrogen-bond donors (Lipinski definition) is 0. The number of amidine groups is 1.